The van der Waals surface area contributed by atoms with Gasteiger partial charge in [-0.15, -0.1) is 0 Å². The second kappa shape index (κ2) is 5.28. The molecule has 0 amide bonds. The van der Waals surface area contributed by atoms with Crippen molar-refractivity contribution in [1.29, 1.82) is 0 Å². The van der Waals surface area contributed by atoms with E-state index in [1.165, 1.54) is 25.6 Å². The fraction of sp³-hybridized carbons (Fsp3) is 0.538. The number of hydrogen-bond acceptors (Lipinski definition) is 4. The van der Waals surface area contributed by atoms with Gasteiger partial charge in [-0.2, -0.15) is 0 Å². The highest BCUT2D eigenvalue weighted by molar-refractivity contribution is 7.90. The van der Waals surface area contributed by atoms with Crippen molar-refractivity contribution in [2.24, 2.45) is 0 Å². The first-order chi connectivity index (χ1) is 8.47. The Morgan fingerprint density at radius 2 is 2.00 bits per heavy atom. The summed E-state index contributed by atoms with van der Waals surface area (Å²) in [6.07, 6.45) is 3.71. The highest BCUT2D eigenvalue weighted by Gasteiger charge is 2.20. The Morgan fingerprint density at radius 1 is 1.33 bits per heavy atom. The van der Waals surface area contributed by atoms with Crippen LogP contribution < -0.4 is 5.32 Å². The number of sulfone groups is 1. The van der Waals surface area contributed by atoms with Gasteiger partial charge in [-0.05, 0) is 50.7 Å². The number of benzene rings is 1. The summed E-state index contributed by atoms with van der Waals surface area (Å²) in [6.45, 7) is 2.08. The van der Waals surface area contributed by atoms with Crippen LogP contribution in [0.15, 0.2) is 29.2 Å². The van der Waals surface area contributed by atoms with E-state index in [1.807, 2.05) is 12.1 Å². The smallest absolute Gasteiger partial charge is 0.175 e. The maximum atomic E-state index is 11.3. The molecule has 5 heteroatoms. The lowest BCUT2D eigenvalue weighted by molar-refractivity contribution is 0.322. The highest BCUT2D eigenvalue weighted by Crippen LogP contribution is 2.17. The maximum Gasteiger partial charge on any atom is 0.175 e. The topological polar surface area (TPSA) is 49.4 Å². The van der Waals surface area contributed by atoms with Crippen LogP contribution in [0.2, 0.25) is 0 Å². The Bertz CT molecular complexity index is 496. The van der Waals surface area contributed by atoms with E-state index in [2.05, 4.69) is 17.3 Å². The molecular formula is C13H20N2O2S. The largest absolute Gasteiger partial charge is 0.383 e. The van der Waals surface area contributed by atoms with E-state index in [0.29, 0.717) is 10.9 Å². The molecule has 0 aliphatic carbocycles. The molecule has 1 atom stereocenters. The third-order valence-electron chi connectivity index (χ3n) is 3.50. The highest BCUT2D eigenvalue weighted by atomic mass is 32.2. The van der Waals surface area contributed by atoms with Crippen LogP contribution in [-0.4, -0.2) is 45.8 Å². The lowest BCUT2D eigenvalue weighted by Crippen LogP contribution is -2.31. The van der Waals surface area contributed by atoms with Gasteiger partial charge in [0.15, 0.2) is 9.84 Å². The minimum absolute atomic E-state index is 0.367. The standard InChI is InChI=1S/C13H20N2O2S/c1-15-9-3-4-12(15)10-14-11-5-7-13(8-6-11)18(2,16)17/h5-8,12,14H,3-4,9-10H2,1-2H3. The average Bonchev–Trinajstić information content (AvgIpc) is 2.72. The molecule has 2 rings (SSSR count). The first-order valence-electron chi connectivity index (χ1n) is 6.21. The third-order valence-corrected chi connectivity index (χ3v) is 4.62. The molecule has 1 fully saturated rings. The first-order valence-corrected chi connectivity index (χ1v) is 8.10. The van der Waals surface area contributed by atoms with E-state index in [4.69, 9.17) is 0 Å². The van der Waals surface area contributed by atoms with Crippen molar-refractivity contribution in [2.45, 2.75) is 23.8 Å². The van der Waals surface area contributed by atoms with E-state index in [-0.39, 0.29) is 0 Å². The number of likely N-dealkylation sites (tertiary alicyclic amines) is 1. The Hall–Kier alpha value is -1.07. The Morgan fingerprint density at radius 3 is 2.50 bits per heavy atom. The van der Waals surface area contributed by atoms with Crippen LogP contribution in [0.3, 0.4) is 0 Å². The van der Waals surface area contributed by atoms with Crippen molar-refractivity contribution >= 4 is 15.5 Å². The van der Waals surface area contributed by atoms with Gasteiger partial charge in [0, 0.05) is 24.5 Å². The molecule has 1 N–H and O–H groups in total. The summed E-state index contributed by atoms with van der Waals surface area (Å²) in [7, 11) is -0.950. The minimum Gasteiger partial charge on any atom is -0.383 e. The van der Waals surface area contributed by atoms with E-state index in [9.17, 15) is 8.42 Å². The summed E-state index contributed by atoms with van der Waals surface area (Å²) in [4.78, 5) is 2.73. The number of likely N-dealkylation sites (N-methyl/N-ethyl adjacent to an activating group) is 1. The molecule has 1 saturated heterocycles. The van der Waals surface area contributed by atoms with Crippen molar-refractivity contribution in [3.05, 3.63) is 24.3 Å². The molecule has 1 aliphatic rings. The van der Waals surface area contributed by atoms with Crippen LogP contribution >= 0.6 is 0 Å². The van der Waals surface area contributed by atoms with E-state index in [1.54, 1.807) is 12.1 Å². The van der Waals surface area contributed by atoms with Crippen molar-refractivity contribution in [1.82, 2.24) is 4.90 Å². The molecular weight excluding hydrogens is 248 g/mol. The number of hydrogen-bond donors (Lipinski definition) is 1. The van der Waals surface area contributed by atoms with E-state index < -0.39 is 9.84 Å². The van der Waals surface area contributed by atoms with E-state index >= 15 is 0 Å². The summed E-state index contributed by atoms with van der Waals surface area (Å²) >= 11 is 0. The summed E-state index contributed by atoms with van der Waals surface area (Å²) in [6, 6.07) is 7.53. The maximum absolute atomic E-state index is 11.3. The molecule has 1 aromatic rings. The van der Waals surface area contributed by atoms with Crippen LogP contribution in [0.1, 0.15) is 12.8 Å². The molecule has 1 aliphatic heterocycles. The second-order valence-electron chi connectivity index (χ2n) is 4.95. The molecule has 0 bridgehead atoms. The number of anilines is 1. The summed E-state index contributed by atoms with van der Waals surface area (Å²) in [5, 5.41) is 3.36. The van der Waals surface area contributed by atoms with Gasteiger partial charge in [0.2, 0.25) is 0 Å². The SMILES string of the molecule is CN1CCCC1CNc1ccc(S(C)(=O)=O)cc1. The van der Waals surface area contributed by atoms with Crippen molar-refractivity contribution in [3.63, 3.8) is 0 Å². The normalized spacial score (nSPS) is 21.1. The van der Waals surface area contributed by atoms with Gasteiger partial charge in [0.1, 0.15) is 0 Å². The minimum atomic E-state index is -3.09. The molecule has 1 heterocycles. The lowest BCUT2D eigenvalue weighted by atomic mass is 10.2. The van der Waals surface area contributed by atoms with Gasteiger partial charge >= 0.3 is 0 Å². The fourth-order valence-electron chi connectivity index (χ4n) is 2.29. The van der Waals surface area contributed by atoms with Gasteiger partial charge in [0.25, 0.3) is 0 Å². The molecule has 18 heavy (non-hydrogen) atoms. The van der Waals surface area contributed by atoms with Gasteiger partial charge in [-0.3, -0.25) is 0 Å². The van der Waals surface area contributed by atoms with Crippen LogP contribution in [0.5, 0.6) is 0 Å². The zero-order valence-electron chi connectivity index (χ0n) is 10.9. The summed E-state index contributed by atoms with van der Waals surface area (Å²) in [5.74, 6) is 0. The lowest BCUT2D eigenvalue weighted by Gasteiger charge is -2.20. The van der Waals surface area contributed by atoms with Crippen LogP contribution in [-0.2, 0) is 9.84 Å². The quantitative estimate of drug-likeness (QED) is 0.901. The Balaban J connectivity index is 1.94. The van der Waals surface area contributed by atoms with Crippen LogP contribution in [0.25, 0.3) is 0 Å². The average molecular weight is 268 g/mol. The third kappa shape index (κ3) is 3.23. The number of rotatable bonds is 4. The van der Waals surface area contributed by atoms with Crippen molar-refractivity contribution in [3.8, 4) is 0 Å². The zero-order valence-corrected chi connectivity index (χ0v) is 11.7. The predicted octanol–water partition coefficient (Wildman–Crippen LogP) is 1.60. The Kier molecular flexibility index (Phi) is 3.92. The van der Waals surface area contributed by atoms with Crippen molar-refractivity contribution < 1.29 is 8.42 Å². The molecule has 1 unspecified atom stereocenters. The van der Waals surface area contributed by atoms with Crippen molar-refractivity contribution in [2.75, 3.05) is 31.7 Å². The first kappa shape index (κ1) is 13.4. The van der Waals surface area contributed by atoms with Gasteiger partial charge in [-0.1, -0.05) is 0 Å². The molecule has 100 valence electrons. The van der Waals surface area contributed by atoms with E-state index in [0.717, 1.165) is 12.2 Å². The molecule has 1 aromatic carbocycles. The molecule has 0 spiro atoms. The predicted molar refractivity (Wildman–Crippen MR) is 73.7 cm³/mol. The number of nitrogens with one attached hydrogen (secondary N) is 1. The monoisotopic (exact) mass is 268 g/mol. The zero-order chi connectivity index (χ0) is 13.2. The summed E-state index contributed by atoms with van der Waals surface area (Å²) in [5.41, 5.74) is 0.975. The van der Waals surface area contributed by atoms with Gasteiger partial charge in [0.05, 0.1) is 4.90 Å². The Labute approximate surface area is 109 Å². The molecule has 4 nitrogen and oxygen atoms in total. The molecule has 0 radical (unpaired) electrons. The van der Waals surface area contributed by atoms with Gasteiger partial charge < -0.3 is 10.2 Å². The summed E-state index contributed by atoms with van der Waals surface area (Å²) < 4.78 is 22.7. The van der Waals surface area contributed by atoms with Gasteiger partial charge in [-0.25, -0.2) is 8.42 Å². The number of nitrogens with zero attached hydrogens (tertiary/aromatic N) is 1. The molecule has 0 saturated carbocycles. The van der Waals surface area contributed by atoms with Crippen LogP contribution in [0.4, 0.5) is 5.69 Å². The fourth-order valence-corrected chi connectivity index (χ4v) is 2.92. The second-order valence-corrected chi connectivity index (χ2v) is 6.97. The molecule has 0 aromatic heterocycles. The van der Waals surface area contributed by atoms with Crippen LogP contribution in [0, 0.1) is 0 Å².